The minimum absolute atomic E-state index is 0.0183. The van der Waals surface area contributed by atoms with E-state index >= 15 is 0 Å². The van der Waals surface area contributed by atoms with Gasteiger partial charge in [-0.1, -0.05) is 13.3 Å². The molecule has 0 radical (unpaired) electrons. The maximum Gasteiger partial charge on any atom is 0.410 e. The first-order chi connectivity index (χ1) is 12.2. The second-order valence-electron chi connectivity index (χ2n) is 6.31. The molecule has 1 fully saturated rings. The summed E-state index contributed by atoms with van der Waals surface area (Å²) in [6.07, 6.45) is 0.909. The molecule has 1 aliphatic rings. The van der Waals surface area contributed by atoms with Crippen molar-refractivity contribution in [1.29, 1.82) is 0 Å². The molecule has 1 saturated heterocycles. The highest BCUT2D eigenvalue weighted by atomic mass is 79.9. The summed E-state index contributed by atoms with van der Waals surface area (Å²) >= 11 is 6.61. The third-order valence-electron chi connectivity index (χ3n) is 4.40. The van der Waals surface area contributed by atoms with Crippen molar-refractivity contribution in [1.82, 2.24) is 14.7 Å². The number of nitrogens with two attached hydrogens (primary N) is 2. The number of halogens is 2. The molecule has 26 heavy (non-hydrogen) atoms. The van der Waals surface area contributed by atoms with Gasteiger partial charge in [0.25, 0.3) is 0 Å². The minimum atomic E-state index is -1.18. The van der Waals surface area contributed by atoms with E-state index < -0.39 is 29.4 Å². The molecule has 1 unspecified atom stereocenters. The van der Waals surface area contributed by atoms with Crippen LogP contribution in [0.2, 0.25) is 0 Å². The van der Waals surface area contributed by atoms with E-state index in [2.05, 4.69) is 37.0 Å². The third-order valence-corrected chi connectivity index (χ3v) is 5.42. The SMILES string of the molecule is CCCCOC(=O)N1CC(Cn2nc(Br)cc2Br)(C(N)=O)C[C@H]1C(N)=O. The molecule has 9 nitrogen and oxygen atoms in total. The van der Waals surface area contributed by atoms with Crippen molar-refractivity contribution in [3.8, 4) is 0 Å². The minimum Gasteiger partial charge on any atom is -0.449 e. The molecule has 2 rings (SSSR count). The van der Waals surface area contributed by atoms with Crippen LogP contribution in [0, 0.1) is 5.41 Å². The molecule has 1 aromatic heterocycles. The van der Waals surface area contributed by atoms with Gasteiger partial charge in [0.2, 0.25) is 11.8 Å². The molecule has 1 aliphatic heterocycles. The van der Waals surface area contributed by atoms with Gasteiger partial charge in [0, 0.05) is 12.6 Å². The Labute approximate surface area is 167 Å². The van der Waals surface area contributed by atoms with Gasteiger partial charge in [-0.15, -0.1) is 0 Å². The first kappa shape index (κ1) is 20.7. The fourth-order valence-corrected chi connectivity index (χ4v) is 4.08. The third kappa shape index (κ3) is 4.37. The molecule has 3 amide bonds. The molecule has 144 valence electrons. The molecule has 2 heterocycles. The molecule has 0 aromatic carbocycles. The van der Waals surface area contributed by atoms with Gasteiger partial charge >= 0.3 is 6.09 Å². The van der Waals surface area contributed by atoms with Crippen molar-refractivity contribution in [3.05, 3.63) is 15.3 Å². The Morgan fingerprint density at radius 3 is 2.58 bits per heavy atom. The largest absolute Gasteiger partial charge is 0.449 e. The molecule has 11 heteroatoms. The van der Waals surface area contributed by atoms with Crippen molar-refractivity contribution in [2.75, 3.05) is 13.2 Å². The molecular formula is C15H21Br2N5O4. The van der Waals surface area contributed by atoms with Crippen molar-refractivity contribution in [2.45, 2.75) is 38.8 Å². The predicted molar refractivity (Wildman–Crippen MR) is 99.8 cm³/mol. The quantitative estimate of drug-likeness (QED) is 0.552. The van der Waals surface area contributed by atoms with Gasteiger partial charge in [-0.3, -0.25) is 19.2 Å². The van der Waals surface area contributed by atoms with Crippen molar-refractivity contribution >= 4 is 49.8 Å². The van der Waals surface area contributed by atoms with Crippen molar-refractivity contribution in [2.24, 2.45) is 16.9 Å². The van der Waals surface area contributed by atoms with Crippen LogP contribution >= 0.6 is 31.9 Å². The van der Waals surface area contributed by atoms with Gasteiger partial charge in [-0.25, -0.2) is 4.79 Å². The maximum atomic E-state index is 12.4. The zero-order valence-electron chi connectivity index (χ0n) is 14.3. The number of ether oxygens (including phenoxy) is 1. The van der Waals surface area contributed by atoms with E-state index in [1.165, 1.54) is 4.90 Å². The molecule has 0 bridgehead atoms. The molecule has 2 atom stereocenters. The number of likely N-dealkylation sites (tertiary alicyclic amines) is 1. The number of unbranched alkanes of at least 4 members (excludes halogenated alkanes) is 1. The number of aromatic nitrogens is 2. The van der Waals surface area contributed by atoms with Crippen LogP contribution < -0.4 is 11.5 Å². The fourth-order valence-electron chi connectivity index (χ4n) is 2.95. The van der Waals surface area contributed by atoms with E-state index in [4.69, 9.17) is 16.2 Å². The zero-order valence-corrected chi connectivity index (χ0v) is 17.5. The topological polar surface area (TPSA) is 134 Å². The van der Waals surface area contributed by atoms with E-state index in [9.17, 15) is 14.4 Å². The number of rotatable bonds is 7. The first-order valence-corrected chi connectivity index (χ1v) is 9.70. The summed E-state index contributed by atoms with van der Waals surface area (Å²) in [7, 11) is 0. The lowest BCUT2D eigenvalue weighted by molar-refractivity contribution is -0.128. The Morgan fingerprint density at radius 2 is 2.08 bits per heavy atom. The van der Waals surface area contributed by atoms with E-state index in [-0.39, 0.29) is 26.1 Å². The van der Waals surface area contributed by atoms with E-state index in [1.54, 1.807) is 10.7 Å². The number of primary amides is 2. The molecular weight excluding hydrogens is 474 g/mol. The van der Waals surface area contributed by atoms with Crippen LogP contribution in [0.4, 0.5) is 4.79 Å². The van der Waals surface area contributed by atoms with Gasteiger partial charge in [0.05, 0.1) is 18.6 Å². The Kier molecular flexibility index (Phi) is 6.67. The van der Waals surface area contributed by atoms with Crippen molar-refractivity contribution < 1.29 is 19.1 Å². The summed E-state index contributed by atoms with van der Waals surface area (Å²) in [6.45, 7) is 2.23. The number of carbonyl (C=O) groups is 3. The van der Waals surface area contributed by atoms with E-state index in [1.807, 2.05) is 6.92 Å². The van der Waals surface area contributed by atoms with Crippen LogP contribution in [-0.4, -0.2) is 51.8 Å². The average molecular weight is 495 g/mol. The van der Waals surface area contributed by atoms with Crippen molar-refractivity contribution in [3.63, 3.8) is 0 Å². The summed E-state index contributed by atoms with van der Waals surface area (Å²) in [4.78, 5) is 37.7. The van der Waals surface area contributed by atoms with Gasteiger partial charge in [-0.05, 0) is 44.7 Å². The summed E-state index contributed by atoms with van der Waals surface area (Å²) in [5.74, 6) is -1.34. The highest BCUT2D eigenvalue weighted by molar-refractivity contribution is 9.11. The smallest absolute Gasteiger partial charge is 0.410 e. The van der Waals surface area contributed by atoms with Crippen LogP contribution in [0.5, 0.6) is 0 Å². The van der Waals surface area contributed by atoms with Crippen LogP contribution in [0.3, 0.4) is 0 Å². The summed E-state index contributed by atoms with van der Waals surface area (Å²) in [6, 6.07) is 0.751. The normalized spacial score (nSPS) is 22.4. The first-order valence-electron chi connectivity index (χ1n) is 8.11. The summed E-state index contributed by atoms with van der Waals surface area (Å²) < 4.78 is 7.93. The number of hydrogen-bond donors (Lipinski definition) is 2. The predicted octanol–water partition coefficient (Wildman–Crippen LogP) is 1.38. The monoisotopic (exact) mass is 493 g/mol. The van der Waals surface area contributed by atoms with Crippen LogP contribution in [-0.2, 0) is 20.9 Å². The standard InChI is InChI=1S/C15H21Br2N5O4/c1-2-3-4-26-14(25)21-7-15(13(19)24,6-9(21)12(18)23)8-22-11(17)5-10(16)20-22/h5,9H,2-4,6-8H2,1H3,(H2,18,23)(H2,19,24)/t9-,15?/m0/s1. The molecule has 0 saturated carbocycles. The lowest BCUT2D eigenvalue weighted by Crippen LogP contribution is -2.45. The van der Waals surface area contributed by atoms with Gasteiger partial charge in [0.15, 0.2) is 0 Å². The number of nitrogens with zero attached hydrogens (tertiary/aromatic N) is 3. The summed E-state index contributed by atoms with van der Waals surface area (Å²) in [5, 5.41) is 4.23. The Bertz CT molecular complexity index is 710. The summed E-state index contributed by atoms with van der Waals surface area (Å²) in [5.41, 5.74) is 9.91. The number of amides is 3. The Hall–Kier alpha value is -1.62. The lowest BCUT2D eigenvalue weighted by Gasteiger charge is -2.25. The second-order valence-corrected chi connectivity index (χ2v) is 7.94. The van der Waals surface area contributed by atoms with Gasteiger partial charge < -0.3 is 16.2 Å². The van der Waals surface area contributed by atoms with Gasteiger partial charge in [-0.2, -0.15) is 5.10 Å². The van der Waals surface area contributed by atoms with Crippen LogP contribution in [0.25, 0.3) is 0 Å². The van der Waals surface area contributed by atoms with E-state index in [0.29, 0.717) is 15.6 Å². The van der Waals surface area contributed by atoms with Crippen LogP contribution in [0.1, 0.15) is 26.2 Å². The second kappa shape index (κ2) is 8.38. The van der Waals surface area contributed by atoms with E-state index in [0.717, 1.165) is 6.42 Å². The van der Waals surface area contributed by atoms with Crippen LogP contribution in [0.15, 0.2) is 15.3 Å². The zero-order chi connectivity index (χ0) is 19.5. The molecule has 4 N–H and O–H groups in total. The fraction of sp³-hybridized carbons (Fsp3) is 0.600. The number of carbonyl (C=O) groups excluding carboxylic acids is 3. The van der Waals surface area contributed by atoms with Gasteiger partial charge in [0.1, 0.15) is 15.2 Å². The highest BCUT2D eigenvalue weighted by Gasteiger charge is 2.53. The number of hydrogen-bond acceptors (Lipinski definition) is 5. The Balaban J connectivity index is 2.27. The average Bonchev–Trinajstić information content (AvgIpc) is 3.09. The molecule has 0 aliphatic carbocycles. The lowest BCUT2D eigenvalue weighted by atomic mass is 9.84. The maximum absolute atomic E-state index is 12.4. The Morgan fingerprint density at radius 1 is 1.38 bits per heavy atom. The highest BCUT2D eigenvalue weighted by Crippen LogP contribution is 2.37. The molecule has 1 aromatic rings. The molecule has 0 spiro atoms.